The number of hydrogen-bond acceptors (Lipinski definition) is 2. The van der Waals surface area contributed by atoms with Crippen LogP contribution in [-0.2, 0) is 17.6 Å². The van der Waals surface area contributed by atoms with E-state index < -0.39 is 0 Å². The van der Waals surface area contributed by atoms with E-state index in [1.807, 2.05) is 36.4 Å². The van der Waals surface area contributed by atoms with E-state index in [9.17, 15) is 4.79 Å². The van der Waals surface area contributed by atoms with Crippen LogP contribution in [-0.4, -0.2) is 18.1 Å². The van der Waals surface area contributed by atoms with Gasteiger partial charge in [-0.3, -0.25) is 0 Å². The Morgan fingerprint density at radius 3 is 2.75 bits per heavy atom. The molecule has 4 heteroatoms. The summed E-state index contributed by atoms with van der Waals surface area (Å²) in [6, 6.07) is 15.9. The molecule has 3 aromatic rings. The van der Waals surface area contributed by atoms with E-state index >= 15 is 0 Å². The molecule has 24 heavy (non-hydrogen) atoms. The summed E-state index contributed by atoms with van der Waals surface area (Å²) < 4.78 is 4.99. The third kappa shape index (κ3) is 2.33. The summed E-state index contributed by atoms with van der Waals surface area (Å²) in [7, 11) is 1.40. The first kappa shape index (κ1) is 15.0. The van der Waals surface area contributed by atoms with Crippen molar-refractivity contribution in [2.45, 2.75) is 12.8 Å². The predicted molar refractivity (Wildman–Crippen MR) is 95.4 cm³/mol. The van der Waals surface area contributed by atoms with Crippen molar-refractivity contribution >= 4 is 17.6 Å². The third-order valence-electron chi connectivity index (χ3n) is 4.54. The summed E-state index contributed by atoms with van der Waals surface area (Å²) in [5, 5.41) is 0.648. The van der Waals surface area contributed by atoms with Crippen LogP contribution in [0.2, 0.25) is 5.02 Å². The van der Waals surface area contributed by atoms with Crippen molar-refractivity contribution in [2.24, 2.45) is 0 Å². The van der Waals surface area contributed by atoms with Crippen molar-refractivity contribution in [1.82, 2.24) is 4.98 Å². The van der Waals surface area contributed by atoms with Gasteiger partial charge < -0.3 is 9.72 Å². The first-order valence-corrected chi connectivity index (χ1v) is 8.24. The standard InChI is InChI=1S/C20H16ClNO2/c1-24-20(23)19-17(13-6-4-7-14(21)11-13)16-10-9-12-5-2-3-8-15(12)18(16)22-19/h2-8,11,22H,9-10H2,1H3. The molecule has 0 spiro atoms. The maximum Gasteiger partial charge on any atom is 0.355 e. The first-order valence-electron chi connectivity index (χ1n) is 7.86. The van der Waals surface area contributed by atoms with Gasteiger partial charge in [-0.15, -0.1) is 0 Å². The molecule has 0 bridgehead atoms. The molecule has 0 atom stereocenters. The summed E-state index contributed by atoms with van der Waals surface area (Å²) in [6.07, 6.45) is 1.83. The lowest BCUT2D eigenvalue weighted by Gasteiger charge is -2.17. The molecular formula is C20H16ClNO2. The normalized spacial score (nSPS) is 12.4. The number of H-pyrrole nitrogens is 1. The molecule has 120 valence electrons. The molecule has 4 rings (SSSR count). The Hall–Kier alpha value is -2.52. The monoisotopic (exact) mass is 337 g/mol. The maximum absolute atomic E-state index is 12.3. The predicted octanol–water partition coefficient (Wildman–Crippen LogP) is 4.89. The average molecular weight is 338 g/mol. The van der Waals surface area contributed by atoms with Crippen LogP contribution in [0.3, 0.4) is 0 Å². The van der Waals surface area contributed by atoms with Crippen LogP contribution in [0.4, 0.5) is 0 Å². The van der Waals surface area contributed by atoms with E-state index in [0.717, 1.165) is 40.8 Å². The number of rotatable bonds is 2. The van der Waals surface area contributed by atoms with E-state index in [4.69, 9.17) is 16.3 Å². The van der Waals surface area contributed by atoms with Crippen molar-refractivity contribution in [3.05, 3.63) is 70.4 Å². The maximum atomic E-state index is 12.3. The van der Waals surface area contributed by atoms with Gasteiger partial charge in [-0.25, -0.2) is 4.79 Å². The van der Waals surface area contributed by atoms with Crippen LogP contribution in [0.5, 0.6) is 0 Å². The third-order valence-corrected chi connectivity index (χ3v) is 4.77. The second-order valence-corrected chi connectivity index (χ2v) is 6.32. The van der Waals surface area contributed by atoms with Crippen LogP contribution in [0.1, 0.15) is 21.6 Å². The molecule has 1 aliphatic rings. The summed E-state index contributed by atoms with van der Waals surface area (Å²) in [4.78, 5) is 15.6. The highest BCUT2D eigenvalue weighted by Gasteiger charge is 2.27. The number of esters is 1. The number of halogens is 1. The number of hydrogen-bond donors (Lipinski definition) is 1. The molecule has 0 fully saturated rings. The molecule has 0 saturated heterocycles. The van der Waals surface area contributed by atoms with Gasteiger partial charge in [0.25, 0.3) is 0 Å². The minimum atomic E-state index is -0.364. The number of aryl methyl sites for hydroxylation is 1. The fourth-order valence-electron chi connectivity index (χ4n) is 3.48. The molecule has 1 N–H and O–H groups in total. The summed E-state index contributed by atoms with van der Waals surface area (Å²) in [5.41, 5.74) is 6.91. The van der Waals surface area contributed by atoms with Gasteiger partial charge in [0.05, 0.1) is 12.8 Å². The highest BCUT2D eigenvalue weighted by Crippen LogP contribution is 2.41. The van der Waals surface area contributed by atoms with Crippen molar-refractivity contribution in [3.63, 3.8) is 0 Å². The molecular weight excluding hydrogens is 322 g/mol. The van der Waals surface area contributed by atoms with Crippen LogP contribution in [0.25, 0.3) is 22.4 Å². The van der Waals surface area contributed by atoms with Gasteiger partial charge >= 0.3 is 5.97 Å². The molecule has 3 nitrogen and oxygen atoms in total. The summed E-state index contributed by atoms with van der Waals surface area (Å²) in [6.45, 7) is 0. The van der Waals surface area contributed by atoms with E-state index in [-0.39, 0.29) is 5.97 Å². The molecule has 2 aromatic carbocycles. The zero-order valence-corrected chi connectivity index (χ0v) is 14.0. The fraction of sp³-hybridized carbons (Fsp3) is 0.150. The molecule has 0 aliphatic heterocycles. The number of benzene rings is 2. The van der Waals surface area contributed by atoms with Crippen molar-refractivity contribution in [2.75, 3.05) is 7.11 Å². The van der Waals surface area contributed by atoms with Crippen LogP contribution < -0.4 is 0 Å². The molecule has 1 heterocycles. The lowest BCUT2D eigenvalue weighted by atomic mass is 9.87. The molecule has 1 aliphatic carbocycles. The van der Waals surface area contributed by atoms with Crippen molar-refractivity contribution in [1.29, 1.82) is 0 Å². The molecule has 0 unspecified atom stereocenters. The number of fused-ring (bicyclic) bond motifs is 3. The SMILES string of the molecule is COC(=O)c1[nH]c2c(c1-c1cccc(Cl)c1)CCc1ccccc1-2. The Labute approximate surface area is 145 Å². The molecule has 0 radical (unpaired) electrons. The van der Waals surface area contributed by atoms with E-state index in [1.54, 1.807) is 0 Å². The number of carbonyl (C=O) groups is 1. The zero-order valence-electron chi connectivity index (χ0n) is 13.2. The topological polar surface area (TPSA) is 42.1 Å². The molecule has 1 aromatic heterocycles. The van der Waals surface area contributed by atoms with Gasteiger partial charge in [-0.05, 0) is 41.7 Å². The lowest BCUT2D eigenvalue weighted by molar-refractivity contribution is 0.0596. The van der Waals surface area contributed by atoms with E-state index in [1.165, 1.54) is 12.7 Å². The van der Waals surface area contributed by atoms with E-state index in [0.29, 0.717) is 10.7 Å². The smallest absolute Gasteiger partial charge is 0.355 e. The lowest BCUT2D eigenvalue weighted by Crippen LogP contribution is -2.04. The minimum absolute atomic E-state index is 0.364. The number of nitrogens with one attached hydrogen (secondary N) is 1. The second-order valence-electron chi connectivity index (χ2n) is 5.89. The van der Waals surface area contributed by atoms with Crippen molar-refractivity contribution in [3.8, 4) is 22.4 Å². The summed E-state index contributed by atoms with van der Waals surface area (Å²) >= 11 is 6.17. The zero-order chi connectivity index (χ0) is 16.7. The van der Waals surface area contributed by atoms with Gasteiger partial charge in [0.15, 0.2) is 0 Å². The van der Waals surface area contributed by atoms with E-state index in [2.05, 4.69) is 17.1 Å². The van der Waals surface area contributed by atoms with Gasteiger partial charge in [-0.1, -0.05) is 48.0 Å². The largest absolute Gasteiger partial charge is 0.464 e. The van der Waals surface area contributed by atoms with Crippen LogP contribution in [0.15, 0.2) is 48.5 Å². The number of carbonyl (C=O) groups excluding carboxylic acids is 1. The fourth-order valence-corrected chi connectivity index (χ4v) is 3.67. The quantitative estimate of drug-likeness (QED) is 0.677. The molecule has 0 saturated carbocycles. The second kappa shape index (κ2) is 5.84. The number of aromatic nitrogens is 1. The van der Waals surface area contributed by atoms with Crippen LogP contribution >= 0.6 is 11.6 Å². The summed E-state index contributed by atoms with van der Waals surface area (Å²) in [5.74, 6) is -0.364. The highest BCUT2D eigenvalue weighted by molar-refractivity contribution is 6.30. The van der Waals surface area contributed by atoms with Gasteiger partial charge in [-0.2, -0.15) is 0 Å². The molecule has 0 amide bonds. The Kier molecular flexibility index (Phi) is 3.66. The number of methoxy groups -OCH3 is 1. The van der Waals surface area contributed by atoms with Crippen molar-refractivity contribution < 1.29 is 9.53 Å². The Morgan fingerprint density at radius 2 is 1.96 bits per heavy atom. The van der Waals surface area contributed by atoms with Gasteiger partial charge in [0, 0.05) is 16.1 Å². The van der Waals surface area contributed by atoms with Gasteiger partial charge in [0.2, 0.25) is 0 Å². The Balaban J connectivity index is 2.00. The number of aromatic amines is 1. The minimum Gasteiger partial charge on any atom is -0.464 e. The average Bonchev–Trinajstić information content (AvgIpc) is 3.01. The Bertz CT molecular complexity index is 943. The first-order chi connectivity index (χ1) is 11.7. The Morgan fingerprint density at radius 1 is 1.12 bits per heavy atom. The van der Waals surface area contributed by atoms with Crippen LogP contribution in [0, 0.1) is 0 Å². The highest BCUT2D eigenvalue weighted by atomic mass is 35.5. The number of ether oxygens (including phenoxy) is 1. The van der Waals surface area contributed by atoms with Gasteiger partial charge in [0.1, 0.15) is 5.69 Å².